The summed E-state index contributed by atoms with van der Waals surface area (Å²) in [6.07, 6.45) is 5.26. The number of rotatable bonds is 8. The Hall–Kier alpha value is -3.22. The van der Waals surface area contributed by atoms with E-state index in [2.05, 4.69) is 31.7 Å². The molecule has 20 heteroatoms. The number of anilines is 2. The lowest BCUT2D eigenvalue weighted by atomic mass is 10.1. The van der Waals surface area contributed by atoms with Gasteiger partial charge in [0.25, 0.3) is 20.2 Å². The van der Waals surface area contributed by atoms with Crippen LogP contribution in [0.5, 0.6) is 0 Å². The lowest BCUT2D eigenvalue weighted by Crippen LogP contribution is -2.32. The van der Waals surface area contributed by atoms with Gasteiger partial charge in [0.05, 0.1) is 23.6 Å². The van der Waals surface area contributed by atoms with Crippen molar-refractivity contribution in [3.05, 3.63) is 71.3 Å². The summed E-state index contributed by atoms with van der Waals surface area (Å²) in [5, 5.41) is 13.1. The zero-order valence-electron chi connectivity index (χ0n) is 19.4. The van der Waals surface area contributed by atoms with Gasteiger partial charge in [0.1, 0.15) is 21.4 Å². The molecule has 2 heterocycles. The topological polar surface area (TPSA) is 188 Å². The minimum atomic E-state index is -4.74. The van der Waals surface area contributed by atoms with Crippen LogP contribution in [-0.2, 0) is 20.2 Å². The molecule has 2 aliphatic heterocycles. The molecule has 2 aromatic carbocycles. The molecular weight excluding hydrogens is 654 g/mol. The minimum Gasteiger partial charge on any atom is -0.341 e. The normalized spacial score (nSPS) is 15.9. The summed E-state index contributed by atoms with van der Waals surface area (Å²) in [5.41, 5.74) is 5.67. The van der Waals surface area contributed by atoms with Gasteiger partial charge in [0.2, 0.25) is 0 Å². The molecule has 0 spiro atoms. The maximum atomic E-state index is 12.1. The molecule has 14 nitrogen and oxygen atoms in total. The SMILES string of the molecule is O=S(=O)(O)c1cc(NC2=CC(Cl)=NN(Cl)N2)ccc1C=Cc1ccc(NC2=CC(Cl)=NN(Cl)N2)cc1S(=O)(=O)O. The van der Waals surface area contributed by atoms with Crippen LogP contribution >= 0.6 is 46.8 Å². The van der Waals surface area contributed by atoms with Crippen LogP contribution in [0, 0.1) is 0 Å². The third-order valence-corrected chi connectivity index (χ3v) is 7.41. The van der Waals surface area contributed by atoms with Crippen molar-refractivity contribution in [3.8, 4) is 0 Å². The molecule has 6 N–H and O–H groups in total. The lowest BCUT2D eigenvalue weighted by Gasteiger charge is -2.21. The van der Waals surface area contributed by atoms with Crippen molar-refractivity contribution in [2.75, 3.05) is 10.6 Å². The summed E-state index contributed by atoms with van der Waals surface area (Å²) < 4.78 is 69.8. The monoisotopic (exact) mass is 668 g/mol. The van der Waals surface area contributed by atoms with Crippen molar-refractivity contribution in [2.24, 2.45) is 10.2 Å². The van der Waals surface area contributed by atoms with Crippen molar-refractivity contribution in [3.63, 3.8) is 0 Å². The summed E-state index contributed by atoms with van der Waals surface area (Å²) in [7, 11) is -9.47. The van der Waals surface area contributed by atoms with Gasteiger partial charge < -0.3 is 10.6 Å². The molecule has 2 aliphatic rings. The first-order valence-electron chi connectivity index (χ1n) is 10.5. The van der Waals surface area contributed by atoms with Crippen LogP contribution in [0.4, 0.5) is 11.4 Å². The Kier molecular flexibility index (Phi) is 8.72. The van der Waals surface area contributed by atoms with E-state index in [9.17, 15) is 25.9 Å². The largest absolute Gasteiger partial charge is 0.341 e. The van der Waals surface area contributed by atoms with E-state index < -0.39 is 30.0 Å². The molecule has 0 atom stereocenters. The van der Waals surface area contributed by atoms with E-state index in [1.165, 1.54) is 48.6 Å². The smallest absolute Gasteiger partial charge is 0.295 e. The van der Waals surface area contributed by atoms with Gasteiger partial charge in [0, 0.05) is 23.5 Å². The van der Waals surface area contributed by atoms with Crippen LogP contribution in [0.2, 0.25) is 0 Å². The van der Waals surface area contributed by atoms with Crippen LogP contribution in [-0.4, -0.2) is 45.6 Å². The van der Waals surface area contributed by atoms with Crippen molar-refractivity contribution in [1.29, 1.82) is 0 Å². The van der Waals surface area contributed by atoms with Crippen LogP contribution in [0.3, 0.4) is 0 Å². The second-order valence-corrected chi connectivity index (χ2v) is 11.9. The van der Waals surface area contributed by atoms with E-state index in [1.807, 2.05) is 0 Å². The highest BCUT2D eigenvalue weighted by Gasteiger charge is 2.19. The molecule has 0 aliphatic carbocycles. The summed E-state index contributed by atoms with van der Waals surface area (Å²) in [6.45, 7) is 0. The highest BCUT2D eigenvalue weighted by atomic mass is 35.5. The van der Waals surface area contributed by atoms with Gasteiger partial charge in [-0.2, -0.15) is 16.8 Å². The molecule has 0 aromatic heterocycles. The van der Waals surface area contributed by atoms with Gasteiger partial charge in [-0.1, -0.05) is 47.5 Å². The maximum Gasteiger partial charge on any atom is 0.295 e. The molecule has 0 fully saturated rings. The molecule has 0 saturated carbocycles. The number of benzene rings is 2. The first-order chi connectivity index (χ1) is 18.7. The highest BCUT2D eigenvalue weighted by Crippen LogP contribution is 2.27. The number of hydrogen-bond acceptors (Lipinski definition) is 12. The summed E-state index contributed by atoms with van der Waals surface area (Å²) >= 11 is 23.2. The number of nitrogens with one attached hydrogen (secondary N) is 4. The molecular formula is C20H16Cl4N8O6S2. The maximum absolute atomic E-state index is 12.1. The summed E-state index contributed by atoms with van der Waals surface area (Å²) in [6, 6.07) is 7.93. The molecule has 0 amide bonds. The summed E-state index contributed by atoms with van der Waals surface area (Å²) in [5.74, 6) is 0.497. The Bertz CT molecular complexity index is 1600. The standard InChI is InChI=1S/C20H16Cl4N8O6S2/c21-17-9-19(29-31(23)27-17)25-13-5-3-11(15(7-13)39(33,34)35)1-2-12-4-6-14(8-16(12)40(36,37)38)26-20-10-18(22)28-32(24)30-20/h1-10,25-26,29-30H,(H,33,34,35)(H,36,37,38). The average molecular weight is 670 g/mol. The second kappa shape index (κ2) is 11.7. The van der Waals surface area contributed by atoms with Gasteiger partial charge in [-0.25, -0.2) is 0 Å². The first-order valence-corrected chi connectivity index (χ1v) is 14.8. The fourth-order valence-electron chi connectivity index (χ4n) is 3.34. The lowest BCUT2D eigenvalue weighted by molar-refractivity contribution is 0.396. The fraction of sp³-hybridized carbons (Fsp3) is 0. The average Bonchev–Trinajstić information content (AvgIpc) is 2.81. The van der Waals surface area contributed by atoms with E-state index >= 15 is 0 Å². The first kappa shape index (κ1) is 29.8. The third kappa shape index (κ3) is 7.70. The number of hydrogen-bond donors (Lipinski definition) is 6. The molecule has 0 saturated heterocycles. The molecule has 4 rings (SSSR count). The molecule has 0 bridgehead atoms. The highest BCUT2D eigenvalue weighted by molar-refractivity contribution is 7.86. The molecule has 0 radical (unpaired) electrons. The van der Waals surface area contributed by atoms with Crippen LogP contribution < -0.4 is 21.5 Å². The Labute approximate surface area is 247 Å². The van der Waals surface area contributed by atoms with Gasteiger partial charge in [-0.15, -0.1) is 19.5 Å². The quantitative estimate of drug-likeness (QED) is 0.135. The third-order valence-electron chi connectivity index (χ3n) is 4.90. The molecule has 2 aromatic rings. The number of hydrazone groups is 2. The number of nitrogens with zero attached hydrogens (tertiary/aromatic N) is 4. The predicted octanol–water partition coefficient (Wildman–Crippen LogP) is 3.91. The Morgan fingerprint density at radius 3 is 1.43 bits per heavy atom. The Morgan fingerprint density at radius 2 is 1.10 bits per heavy atom. The van der Waals surface area contributed by atoms with Gasteiger partial charge in [0.15, 0.2) is 10.3 Å². The van der Waals surface area contributed by atoms with E-state index in [4.69, 9.17) is 46.8 Å². The zero-order valence-corrected chi connectivity index (χ0v) is 24.1. The Balaban J connectivity index is 1.65. The predicted molar refractivity (Wildman–Crippen MR) is 153 cm³/mol. The number of halogens is 4. The van der Waals surface area contributed by atoms with Crippen LogP contribution in [0.25, 0.3) is 12.2 Å². The van der Waals surface area contributed by atoms with Crippen molar-refractivity contribution in [1.82, 2.24) is 20.1 Å². The van der Waals surface area contributed by atoms with Crippen molar-refractivity contribution < 1.29 is 25.9 Å². The van der Waals surface area contributed by atoms with E-state index in [0.29, 0.717) is 0 Å². The van der Waals surface area contributed by atoms with Crippen molar-refractivity contribution in [2.45, 2.75) is 9.79 Å². The minimum absolute atomic E-state index is 0.00776. The fourth-order valence-corrected chi connectivity index (χ4v) is 5.55. The van der Waals surface area contributed by atoms with E-state index in [1.54, 1.807) is 0 Å². The van der Waals surface area contributed by atoms with Crippen molar-refractivity contribution >= 4 is 101 Å². The van der Waals surface area contributed by atoms with E-state index in [0.717, 1.165) is 21.4 Å². The Morgan fingerprint density at radius 1 is 0.725 bits per heavy atom. The van der Waals surface area contributed by atoms with Crippen LogP contribution in [0.15, 0.2) is 80.2 Å². The zero-order chi connectivity index (χ0) is 29.2. The van der Waals surface area contributed by atoms with Gasteiger partial charge in [-0.05, 0) is 35.4 Å². The van der Waals surface area contributed by atoms with Gasteiger partial charge >= 0.3 is 0 Å². The van der Waals surface area contributed by atoms with E-state index in [-0.39, 0.29) is 44.5 Å². The number of allylic oxidation sites excluding steroid dienone is 2. The molecule has 0 unspecified atom stereocenters. The number of hydrazine groups is 2. The molecule has 40 heavy (non-hydrogen) atoms. The molecule has 212 valence electrons. The van der Waals surface area contributed by atoms with Crippen LogP contribution in [0.1, 0.15) is 11.1 Å². The van der Waals surface area contributed by atoms with Gasteiger partial charge in [-0.3, -0.25) is 20.0 Å². The summed E-state index contributed by atoms with van der Waals surface area (Å²) in [4.78, 5) is -1.00. The second-order valence-electron chi connectivity index (χ2n) is 7.74.